The Balaban J connectivity index is 1.86. The van der Waals surface area contributed by atoms with Crippen molar-refractivity contribution in [1.82, 2.24) is 15.3 Å². The molecule has 0 aliphatic heterocycles. The lowest BCUT2D eigenvalue weighted by atomic mass is 10.2. The molecule has 142 valence electrons. The van der Waals surface area contributed by atoms with Gasteiger partial charge in [0.25, 0.3) is 0 Å². The Labute approximate surface area is 152 Å². The summed E-state index contributed by atoms with van der Waals surface area (Å²) >= 11 is 1.03. The number of anilines is 1. The largest absolute Gasteiger partial charge is 0.465 e. The van der Waals surface area contributed by atoms with Crippen LogP contribution < -0.4 is 10.2 Å². The summed E-state index contributed by atoms with van der Waals surface area (Å²) in [5.41, 5.74) is 0. The van der Waals surface area contributed by atoms with Crippen LogP contribution >= 0.6 is 11.3 Å². The number of hydrogen-bond acceptors (Lipinski definition) is 5. The molecule has 0 bridgehead atoms. The van der Waals surface area contributed by atoms with Gasteiger partial charge in [-0.15, -0.1) is 11.3 Å². The molecule has 1 saturated carbocycles. The van der Waals surface area contributed by atoms with Crippen LogP contribution in [0.25, 0.3) is 10.2 Å². The van der Waals surface area contributed by atoms with E-state index in [0.29, 0.717) is 29.0 Å². The number of amides is 1. The molecular weight excluding hydrogens is 369 g/mol. The molecule has 0 aromatic carbocycles. The number of carboxylic acid groups (broad SMARTS) is 1. The molecule has 1 aliphatic rings. The fourth-order valence-corrected chi connectivity index (χ4v) is 4.55. The van der Waals surface area contributed by atoms with Crippen molar-refractivity contribution in [2.45, 2.75) is 50.9 Å². The van der Waals surface area contributed by atoms with Gasteiger partial charge in [0.05, 0.1) is 11.8 Å². The second kappa shape index (κ2) is 7.26. The number of halogens is 3. The first-order chi connectivity index (χ1) is 12.3. The van der Waals surface area contributed by atoms with E-state index in [9.17, 15) is 18.0 Å². The zero-order chi connectivity index (χ0) is 18.9. The van der Waals surface area contributed by atoms with E-state index in [2.05, 4.69) is 15.3 Å². The number of alkyl halides is 3. The number of nitrogens with zero attached hydrogens (tertiary/aromatic N) is 3. The highest BCUT2D eigenvalue weighted by Gasteiger charge is 2.32. The summed E-state index contributed by atoms with van der Waals surface area (Å²) in [6, 6.07) is 1.49. The van der Waals surface area contributed by atoms with Crippen LogP contribution in [0.3, 0.4) is 0 Å². The zero-order valence-electron chi connectivity index (χ0n) is 14.1. The van der Waals surface area contributed by atoms with E-state index in [1.807, 2.05) is 11.8 Å². The van der Waals surface area contributed by atoms with E-state index in [1.54, 1.807) is 0 Å². The summed E-state index contributed by atoms with van der Waals surface area (Å²) in [6.07, 6.45) is -2.75. The van der Waals surface area contributed by atoms with Crippen LogP contribution in [0.5, 0.6) is 0 Å². The van der Waals surface area contributed by atoms with Gasteiger partial charge in [0, 0.05) is 23.5 Å². The summed E-state index contributed by atoms with van der Waals surface area (Å²) in [5.74, 6) is 0.614. The van der Waals surface area contributed by atoms with Gasteiger partial charge >= 0.3 is 12.3 Å². The lowest BCUT2D eigenvalue weighted by Gasteiger charge is -2.29. The van der Waals surface area contributed by atoms with Crippen LogP contribution in [0, 0.1) is 0 Å². The Morgan fingerprint density at radius 3 is 2.85 bits per heavy atom. The fourth-order valence-electron chi connectivity index (χ4n) is 3.53. The topological polar surface area (TPSA) is 78.4 Å². The summed E-state index contributed by atoms with van der Waals surface area (Å²) in [4.78, 5) is 22.0. The standard InChI is InChI=1S/C16H19F3N4O2S/c1-2-23(10-4-3-9(5-10)22-15(24)25)13-12-6-11(7-16(17,18)19)26-14(12)21-8-20-13/h6,8-10,22H,2-5,7H2,1H3,(H,24,25)/t9-,10+/m0/s1. The van der Waals surface area contributed by atoms with Gasteiger partial charge in [0.15, 0.2) is 0 Å². The average Bonchev–Trinajstić information content (AvgIpc) is 3.12. The van der Waals surface area contributed by atoms with Gasteiger partial charge in [-0.3, -0.25) is 0 Å². The van der Waals surface area contributed by atoms with Crippen molar-refractivity contribution in [3.05, 3.63) is 17.3 Å². The van der Waals surface area contributed by atoms with Crippen molar-refractivity contribution in [2.75, 3.05) is 11.4 Å². The SMILES string of the molecule is CCN(c1ncnc2sc(CC(F)(F)F)cc12)[C@@H]1CC[C@H](NC(=O)O)C1. The molecule has 0 unspecified atom stereocenters. The van der Waals surface area contributed by atoms with Crippen LogP contribution in [0.1, 0.15) is 31.1 Å². The van der Waals surface area contributed by atoms with E-state index in [0.717, 1.165) is 24.2 Å². The van der Waals surface area contributed by atoms with Crippen molar-refractivity contribution in [3.8, 4) is 0 Å². The molecule has 1 amide bonds. The van der Waals surface area contributed by atoms with Crippen LogP contribution in [0.2, 0.25) is 0 Å². The van der Waals surface area contributed by atoms with Gasteiger partial charge in [0.2, 0.25) is 0 Å². The highest BCUT2D eigenvalue weighted by molar-refractivity contribution is 7.18. The van der Waals surface area contributed by atoms with Gasteiger partial charge in [-0.05, 0) is 32.3 Å². The maximum absolute atomic E-state index is 12.7. The first-order valence-corrected chi connectivity index (χ1v) is 9.14. The predicted molar refractivity (Wildman–Crippen MR) is 92.8 cm³/mol. The first kappa shape index (κ1) is 18.7. The van der Waals surface area contributed by atoms with Gasteiger partial charge in [0.1, 0.15) is 17.0 Å². The van der Waals surface area contributed by atoms with E-state index >= 15 is 0 Å². The molecule has 10 heteroatoms. The molecule has 2 atom stereocenters. The third kappa shape index (κ3) is 4.17. The molecule has 26 heavy (non-hydrogen) atoms. The Bertz CT molecular complexity index is 795. The quantitative estimate of drug-likeness (QED) is 0.814. The lowest BCUT2D eigenvalue weighted by Crippen LogP contribution is -2.37. The van der Waals surface area contributed by atoms with E-state index in [1.165, 1.54) is 12.4 Å². The summed E-state index contributed by atoms with van der Waals surface area (Å²) in [7, 11) is 0. The van der Waals surface area contributed by atoms with Crippen LogP contribution in [0.15, 0.2) is 12.4 Å². The Morgan fingerprint density at radius 2 is 2.19 bits per heavy atom. The molecular formula is C16H19F3N4O2S. The number of aromatic nitrogens is 2. The Hall–Kier alpha value is -2.10. The number of nitrogens with one attached hydrogen (secondary N) is 1. The molecule has 3 rings (SSSR count). The van der Waals surface area contributed by atoms with Crippen LogP contribution in [0.4, 0.5) is 23.8 Å². The molecule has 6 nitrogen and oxygen atoms in total. The van der Waals surface area contributed by atoms with E-state index in [4.69, 9.17) is 5.11 Å². The van der Waals surface area contributed by atoms with Gasteiger partial charge in [-0.1, -0.05) is 0 Å². The Morgan fingerprint density at radius 1 is 1.42 bits per heavy atom. The zero-order valence-corrected chi connectivity index (χ0v) is 14.9. The monoisotopic (exact) mass is 388 g/mol. The second-order valence-corrected chi connectivity index (χ2v) is 7.44. The molecule has 1 aliphatic carbocycles. The Kier molecular flexibility index (Phi) is 5.22. The maximum atomic E-state index is 12.7. The van der Waals surface area contributed by atoms with E-state index < -0.39 is 18.7 Å². The minimum absolute atomic E-state index is 0.0842. The number of thiophene rings is 1. The molecule has 2 aromatic heterocycles. The second-order valence-electron chi connectivity index (χ2n) is 6.32. The summed E-state index contributed by atoms with van der Waals surface area (Å²) in [5, 5.41) is 12.0. The number of carbonyl (C=O) groups is 1. The van der Waals surface area contributed by atoms with Crippen LogP contribution in [-0.4, -0.2) is 46.0 Å². The van der Waals surface area contributed by atoms with Crippen molar-refractivity contribution in [1.29, 1.82) is 0 Å². The fraction of sp³-hybridized carbons (Fsp3) is 0.562. The molecule has 1 fully saturated rings. The van der Waals surface area contributed by atoms with Crippen LogP contribution in [-0.2, 0) is 6.42 Å². The summed E-state index contributed by atoms with van der Waals surface area (Å²) < 4.78 is 38.1. The predicted octanol–water partition coefficient (Wildman–Crippen LogP) is 3.81. The normalized spacial score (nSPS) is 20.5. The molecule has 2 N–H and O–H groups in total. The number of rotatable bonds is 5. The summed E-state index contributed by atoms with van der Waals surface area (Å²) in [6.45, 7) is 2.58. The van der Waals surface area contributed by atoms with Gasteiger partial charge in [-0.2, -0.15) is 13.2 Å². The maximum Gasteiger partial charge on any atom is 0.404 e. The number of fused-ring (bicyclic) bond motifs is 1. The number of hydrogen-bond donors (Lipinski definition) is 2. The van der Waals surface area contributed by atoms with Crippen molar-refractivity contribution in [3.63, 3.8) is 0 Å². The molecule has 0 saturated heterocycles. The third-order valence-corrected chi connectivity index (χ3v) is 5.56. The van der Waals surface area contributed by atoms with Crippen molar-refractivity contribution in [2.24, 2.45) is 0 Å². The minimum atomic E-state index is -4.26. The third-order valence-electron chi connectivity index (χ3n) is 4.52. The highest BCUT2D eigenvalue weighted by atomic mass is 32.1. The molecule has 0 spiro atoms. The van der Waals surface area contributed by atoms with Gasteiger partial charge in [-0.25, -0.2) is 14.8 Å². The average molecular weight is 388 g/mol. The smallest absolute Gasteiger partial charge is 0.404 e. The van der Waals surface area contributed by atoms with Crippen molar-refractivity contribution < 1.29 is 23.1 Å². The first-order valence-electron chi connectivity index (χ1n) is 8.33. The highest BCUT2D eigenvalue weighted by Crippen LogP contribution is 2.36. The lowest BCUT2D eigenvalue weighted by molar-refractivity contribution is -0.126. The minimum Gasteiger partial charge on any atom is -0.465 e. The molecule has 2 aromatic rings. The van der Waals surface area contributed by atoms with Crippen molar-refractivity contribution >= 4 is 33.5 Å². The molecule has 2 heterocycles. The van der Waals surface area contributed by atoms with Gasteiger partial charge < -0.3 is 15.3 Å². The molecule has 0 radical (unpaired) electrons. The van der Waals surface area contributed by atoms with E-state index in [-0.39, 0.29) is 17.0 Å².